The second-order valence-electron chi connectivity index (χ2n) is 4.23. The van der Waals surface area contributed by atoms with E-state index in [-0.39, 0.29) is 11.8 Å². The van der Waals surface area contributed by atoms with E-state index in [1.807, 2.05) is 31.2 Å². The second kappa shape index (κ2) is 5.91. The van der Waals surface area contributed by atoms with E-state index in [2.05, 4.69) is 5.32 Å². The number of carboxylic acids is 1. The van der Waals surface area contributed by atoms with Crippen molar-refractivity contribution in [1.29, 1.82) is 0 Å². The Morgan fingerprint density at radius 1 is 1.37 bits per heavy atom. The summed E-state index contributed by atoms with van der Waals surface area (Å²) in [4.78, 5) is 10.9. The highest BCUT2D eigenvalue weighted by molar-refractivity contribution is 6.30. The number of benzene rings is 1. The van der Waals surface area contributed by atoms with Gasteiger partial charge in [-0.05, 0) is 30.7 Å². The Morgan fingerprint density at radius 2 is 2.05 bits per heavy atom. The van der Waals surface area contributed by atoms with E-state index >= 15 is 0 Å². The van der Waals surface area contributed by atoms with Crippen LogP contribution in [0.4, 0.5) is 0 Å². The van der Waals surface area contributed by atoms with Gasteiger partial charge in [0.15, 0.2) is 0 Å². The Bertz CT molecular complexity index is 562. The lowest BCUT2D eigenvalue weighted by atomic mass is 10.1. The van der Waals surface area contributed by atoms with Crippen molar-refractivity contribution in [3.05, 3.63) is 58.5 Å². The average molecular weight is 280 g/mol. The molecular weight excluding hydrogens is 266 g/mol. The van der Waals surface area contributed by atoms with Gasteiger partial charge in [0.25, 0.3) is 0 Å². The van der Waals surface area contributed by atoms with Crippen LogP contribution in [0.25, 0.3) is 0 Å². The molecule has 19 heavy (non-hydrogen) atoms. The summed E-state index contributed by atoms with van der Waals surface area (Å²) in [6.07, 6.45) is 1.38. The Hall–Kier alpha value is -1.78. The standard InChI is InChI=1S/C14H14ClNO3/c1-9(10-2-4-12(15)5-3-10)16-8-11-6-7-19-13(11)14(17)18/h2-7,9,16H,8H2,1H3,(H,17,18). The number of hydrogen-bond donors (Lipinski definition) is 2. The van der Waals surface area contributed by atoms with Gasteiger partial charge in [-0.15, -0.1) is 0 Å². The number of rotatable bonds is 5. The fraction of sp³-hybridized carbons (Fsp3) is 0.214. The quantitative estimate of drug-likeness (QED) is 0.879. The molecule has 0 bridgehead atoms. The second-order valence-corrected chi connectivity index (χ2v) is 4.67. The van der Waals surface area contributed by atoms with Crippen molar-refractivity contribution in [1.82, 2.24) is 5.32 Å². The zero-order chi connectivity index (χ0) is 13.8. The molecule has 1 atom stereocenters. The third-order valence-corrected chi connectivity index (χ3v) is 3.16. The number of hydrogen-bond acceptors (Lipinski definition) is 3. The highest BCUT2D eigenvalue weighted by Gasteiger charge is 2.14. The van der Waals surface area contributed by atoms with Crippen molar-refractivity contribution in [2.45, 2.75) is 19.5 Å². The minimum atomic E-state index is -1.05. The van der Waals surface area contributed by atoms with Gasteiger partial charge in [-0.3, -0.25) is 0 Å². The van der Waals surface area contributed by atoms with E-state index in [1.165, 1.54) is 6.26 Å². The van der Waals surface area contributed by atoms with Crippen LogP contribution in [0.15, 0.2) is 41.0 Å². The molecule has 0 fully saturated rings. The molecule has 4 nitrogen and oxygen atoms in total. The predicted octanol–water partition coefficient (Wildman–Crippen LogP) is 3.48. The first-order valence-electron chi connectivity index (χ1n) is 5.86. The lowest BCUT2D eigenvalue weighted by Gasteiger charge is -2.13. The molecule has 0 aliphatic carbocycles. The molecule has 5 heteroatoms. The van der Waals surface area contributed by atoms with Gasteiger partial charge in [0.2, 0.25) is 5.76 Å². The maximum absolute atomic E-state index is 10.9. The summed E-state index contributed by atoms with van der Waals surface area (Å²) in [5, 5.41) is 12.9. The lowest BCUT2D eigenvalue weighted by Crippen LogP contribution is -2.19. The Labute approximate surface area is 116 Å². The number of nitrogens with one attached hydrogen (secondary N) is 1. The zero-order valence-corrected chi connectivity index (χ0v) is 11.1. The van der Waals surface area contributed by atoms with Gasteiger partial charge in [-0.2, -0.15) is 0 Å². The van der Waals surface area contributed by atoms with Gasteiger partial charge in [0.1, 0.15) is 0 Å². The van der Waals surface area contributed by atoms with Crippen LogP contribution >= 0.6 is 11.6 Å². The molecule has 0 aliphatic heterocycles. The van der Waals surface area contributed by atoms with Crippen molar-refractivity contribution in [3.63, 3.8) is 0 Å². The number of furan rings is 1. The van der Waals surface area contributed by atoms with Crippen molar-refractivity contribution >= 4 is 17.6 Å². The van der Waals surface area contributed by atoms with Crippen LogP contribution in [0.5, 0.6) is 0 Å². The molecule has 2 aromatic rings. The van der Waals surface area contributed by atoms with Crippen LogP contribution in [0, 0.1) is 0 Å². The van der Waals surface area contributed by atoms with Gasteiger partial charge in [0.05, 0.1) is 6.26 Å². The van der Waals surface area contributed by atoms with Gasteiger partial charge in [-0.25, -0.2) is 4.79 Å². The summed E-state index contributed by atoms with van der Waals surface area (Å²) in [6, 6.07) is 9.28. The highest BCUT2D eigenvalue weighted by atomic mass is 35.5. The van der Waals surface area contributed by atoms with Crippen molar-refractivity contribution < 1.29 is 14.3 Å². The molecular formula is C14H14ClNO3. The molecule has 0 saturated heterocycles. The van der Waals surface area contributed by atoms with Gasteiger partial charge in [0, 0.05) is 23.2 Å². The van der Waals surface area contributed by atoms with Crippen LogP contribution in [-0.4, -0.2) is 11.1 Å². The molecule has 0 amide bonds. The maximum Gasteiger partial charge on any atom is 0.372 e. The summed E-state index contributed by atoms with van der Waals surface area (Å²) < 4.78 is 4.92. The molecule has 0 saturated carbocycles. The van der Waals surface area contributed by atoms with Crippen LogP contribution in [0.3, 0.4) is 0 Å². The topological polar surface area (TPSA) is 62.5 Å². The predicted molar refractivity (Wildman–Crippen MR) is 72.4 cm³/mol. The molecule has 1 heterocycles. The van der Waals surface area contributed by atoms with Crippen LogP contribution in [0.2, 0.25) is 5.02 Å². The molecule has 1 aromatic heterocycles. The molecule has 100 valence electrons. The van der Waals surface area contributed by atoms with E-state index in [9.17, 15) is 4.79 Å². The first-order chi connectivity index (χ1) is 9.08. The molecule has 0 spiro atoms. The van der Waals surface area contributed by atoms with E-state index in [4.69, 9.17) is 21.1 Å². The summed E-state index contributed by atoms with van der Waals surface area (Å²) in [5.74, 6) is -1.07. The van der Waals surface area contributed by atoms with Gasteiger partial charge < -0.3 is 14.8 Å². The maximum atomic E-state index is 10.9. The van der Waals surface area contributed by atoms with E-state index < -0.39 is 5.97 Å². The third kappa shape index (κ3) is 3.36. The largest absolute Gasteiger partial charge is 0.475 e. The first-order valence-corrected chi connectivity index (χ1v) is 6.24. The van der Waals surface area contributed by atoms with Crippen LogP contribution < -0.4 is 5.32 Å². The third-order valence-electron chi connectivity index (χ3n) is 2.91. The number of aromatic carboxylic acids is 1. The van der Waals surface area contributed by atoms with Crippen molar-refractivity contribution in [2.24, 2.45) is 0 Å². The number of carboxylic acid groups (broad SMARTS) is 1. The van der Waals surface area contributed by atoms with Crippen molar-refractivity contribution in [2.75, 3.05) is 0 Å². The minimum absolute atomic E-state index is 0.0178. The van der Waals surface area contributed by atoms with E-state index in [0.29, 0.717) is 17.1 Å². The molecule has 2 rings (SSSR count). The van der Waals surface area contributed by atoms with Crippen LogP contribution in [0.1, 0.15) is 34.6 Å². The molecule has 1 unspecified atom stereocenters. The van der Waals surface area contributed by atoms with E-state index in [0.717, 1.165) is 5.56 Å². The SMILES string of the molecule is CC(NCc1ccoc1C(=O)O)c1ccc(Cl)cc1. The number of halogens is 1. The Morgan fingerprint density at radius 3 is 2.68 bits per heavy atom. The normalized spacial score (nSPS) is 12.3. The molecule has 2 N–H and O–H groups in total. The lowest BCUT2D eigenvalue weighted by molar-refractivity contribution is 0.0660. The van der Waals surface area contributed by atoms with Crippen LogP contribution in [-0.2, 0) is 6.54 Å². The van der Waals surface area contributed by atoms with Gasteiger partial charge in [-0.1, -0.05) is 23.7 Å². The van der Waals surface area contributed by atoms with Crippen molar-refractivity contribution in [3.8, 4) is 0 Å². The first kappa shape index (κ1) is 13.6. The summed E-state index contributed by atoms with van der Waals surface area (Å²) >= 11 is 5.83. The molecule has 0 aliphatic rings. The number of carbonyl (C=O) groups is 1. The smallest absolute Gasteiger partial charge is 0.372 e. The fourth-order valence-electron chi connectivity index (χ4n) is 1.79. The molecule has 1 aromatic carbocycles. The Balaban J connectivity index is 2.00. The Kier molecular flexibility index (Phi) is 4.24. The van der Waals surface area contributed by atoms with E-state index in [1.54, 1.807) is 6.07 Å². The summed E-state index contributed by atoms with van der Waals surface area (Å²) in [6.45, 7) is 2.44. The average Bonchev–Trinajstić information content (AvgIpc) is 2.85. The fourth-order valence-corrected chi connectivity index (χ4v) is 1.92. The summed E-state index contributed by atoms with van der Waals surface area (Å²) in [7, 11) is 0. The monoisotopic (exact) mass is 279 g/mol. The van der Waals surface area contributed by atoms with Gasteiger partial charge >= 0.3 is 5.97 Å². The highest BCUT2D eigenvalue weighted by Crippen LogP contribution is 2.17. The molecule has 0 radical (unpaired) electrons. The minimum Gasteiger partial charge on any atom is -0.475 e. The zero-order valence-electron chi connectivity index (χ0n) is 10.4. The summed E-state index contributed by atoms with van der Waals surface area (Å²) in [5.41, 5.74) is 1.72.